The van der Waals surface area contributed by atoms with Crippen molar-refractivity contribution >= 4 is 16.8 Å². The third kappa shape index (κ3) is 2.60. The van der Waals surface area contributed by atoms with Crippen LogP contribution in [0, 0.1) is 6.92 Å². The number of hydrogen-bond donors (Lipinski definition) is 1. The molecule has 3 nitrogen and oxygen atoms in total. The summed E-state index contributed by atoms with van der Waals surface area (Å²) in [7, 11) is 0. The zero-order valence-corrected chi connectivity index (χ0v) is 11.9. The third-order valence-corrected chi connectivity index (χ3v) is 3.61. The lowest BCUT2D eigenvalue weighted by Gasteiger charge is -2.01. The molecule has 2 aromatic carbocycles. The number of aryl methyl sites for hydroxylation is 1. The number of benzene rings is 2. The standard InChI is InChI=1S/C18H17NO2/c1-12-3-2-4-15-11-16(21-18(12)15)17(20)14-7-5-13(6-8-14)9-10-19/h2-8,11H,9-10,19H2,1H3. The second kappa shape index (κ2) is 5.54. The molecule has 2 N–H and O–H groups in total. The maximum absolute atomic E-state index is 12.5. The van der Waals surface area contributed by atoms with E-state index in [9.17, 15) is 4.79 Å². The van der Waals surface area contributed by atoms with Crippen LogP contribution in [0.25, 0.3) is 11.0 Å². The van der Waals surface area contributed by atoms with E-state index < -0.39 is 0 Å². The zero-order chi connectivity index (χ0) is 14.8. The van der Waals surface area contributed by atoms with E-state index in [0.29, 0.717) is 17.9 Å². The van der Waals surface area contributed by atoms with Gasteiger partial charge in [-0.2, -0.15) is 0 Å². The minimum Gasteiger partial charge on any atom is -0.452 e. The van der Waals surface area contributed by atoms with Gasteiger partial charge in [0.05, 0.1) is 0 Å². The summed E-state index contributed by atoms with van der Waals surface area (Å²) in [6.07, 6.45) is 0.818. The Kier molecular flexibility index (Phi) is 3.59. The van der Waals surface area contributed by atoms with E-state index in [0.717, 1.165) is 28.5 Å². The molecule has 106 valence electrons. The van der Waals surface area contributed by atoms with E-state index in [1.165, 1.54) is 0 Å². The van der Waals surface area contributed by atoms with Gasteiger partial charge in [0.25, 0.3) is 0 Å². The van der Waals surface area contributed by atoms with Crippen molar-refractivity contribution in [2.45, 2.75) is 13.3 Å². The normalized spacial score (nSPS) is 11.0. The fraction of sp³-hybridized carbons (Fsp3) is 0.167. The second-order valence-corrected chi connectivity index (χ2v) is 5.17. The molecule has 0 spiro atoms. The number of para-hydroxylation sites is 1. The fourth-order valence-corrected chi connectivity index (χ4v) is 2.45. The molecule has 0 amide bonds. The van der Waals surface area contributed by atoms with Crippen LogP contribution in [-0.2, 0) is 6.42 Å². The Labute approximate surface area is 123 Å². The summed E-state index contributed by atoms with van der Waals surface area (Å²) >= 11 is 0. The van der Waals surface area contributed by atoms with Crippen LogP contribution in [0.1, 0.15) is 27.2 Å². The first-order chi connectivity index (χ1) is 10.2. The average Bonchev–Trinajstić information content (AvgIpc) is 2.93. The smallest absolute Gasteiger partial charge is 0.228 e. The molecule has 1 aromatic heterocycles. The van der Waals surface area contributed by atoms with Crippen molar-refractivity contribution in [3.8, 4) is 0 Å². The topological polar surface area (TPSA) is 56.2 Å². The third-order valence-electron chi connectivity index (χ3n) is 3.61. The molecule has 0 fully saturated rings. The molecule has 0 unspecified atom stereocenters. The second-order valence-electron chi connectivity index (χ2n) is 5.17. The van der Waals surface area contributed by atoms with Crippen molar-refractivity contribution in [3.63, 3.8) is 0 Å². The number of ketones is 1. The molecule has 0 aliphatic rings. The number of fused-ring (bicyclic) bond motifs is 1. The van der Waals surface area contributed by atoms with Gasteiger partial charge in [0.15, 0.2) is 5.76 Å². The van der Waals surface area contributed by atoms with E-state index in [2.05, 4.69) is 0 Å². The Morgan fingerprint density at radius 1 is 1.14 bits per heavy atom. The van der Waals surface area contributed by atoms with Gasteiger partial charge < -0.3 is 10.2 Å². The van der Waals surface area contributed by atoms with Crippen LogP contribution in [0.3, 0.4) is 0 Å². The van der Waals surface area contributed by atoms with Gasteiger partial charge in [0.2, 0.25) is 5.78 Å². The van der Waals surface area contributed by atoms with Crippen molar-refractivity contribution in [2.24, 2.45) is 5.73 Å². The summed E-state index contributed by atoms with van der Waals surface area (Å²) < 4.78 is 5.72. The number of nitrogens with two attached hydrogens (primary N) is 1. The van der Waals surface area contributed by atoms with Crippen molar-refractivity contribution in [1.82, 2.24) is 0 Å². The maximum atomic E-state index is 12.5. The van der Waals surface area contributed by atoms with Crippen LogP contribution in [0.15, 0.2) is 52.9 Å². The molecule has 0 saturated heterocycles. The van der Waals surface area contributed by atoms with Crippen LogP contribution in [0.5, 0.6) is 0 Å². The molecule has 1 heterocycles. The highest BCUT2D eigenvalue weighted by Gasteiger charge is 2.15. The lowest BCUT2D eigenvalue weighted by atomic mass is 10.0. The Hall–Kier alpha value is -2.39. The highest BCUT2D eigenvalue weighted by Crippen LogP contribution is 2.24. The summed E-state index contributed by atoms with van der Waals surface area (Å²) in [5.74, 6) is 0.288. The summed E-state index contributed by atoms with van der Waals surface area (Å²) in [5, 5.41) is 0.957. The van der Waals surface area contributed by atoms with Gasteiger partial charge in [-0.3, -0.25) is 4.79 Å². The molecular formula is C18H17NO2. The van der Waals surface area contributed by atoms with Gasteiger partial charge in [0, 0.05) is 10.9 Å². The molecule has 0 bridgehead atoms. The van der Waals surface area contributed by atoms with Crippen molar-refractivity contribution < 1.29 is 9.21 Å². The Balaban J connectivity index is 1.94. The predicted molar refractivity (Wildman–Crippen MR) is 83.6 cm³/mol. The van der Waals surface area contributed by atoms with Crippen molar-refractivity contribution in [1.29, 1.82) is 0 Å². The van der Waals surface area contributed by atoms with Gasteiger partial charge >= 0.3 is 0 Å². The minimum atomic E-state index is -0.0927. The molecule has 21 heavy (non-hydrogen) atoms. The van der Waals surface area contributed by atoms with E-state index in [1.807, 2.05) is 49.4 Å². The van der Waals surface area contributed by atoms with Gasteiger partial charge in [0.1, 0.15) is 5.58 Å². The molecule has 0 aliphatic carbocycles. The maximum Gasteiger partial charge on any atom is 0.228 e. The van der Waals surface area contributed by atoms with E-state index in [4.69, 9.17) is 10.2 Å². The first-order valence-corrected chi connectivity index (χ1v) is 7.02. The van der Waals surface area contributed by atoms with E-state index >= 15 is 0 Å². The number of carbonyl (C=O) groups is 1. The molecule has 3 aromatic rings. The molecule has 3 rings (SSSR count). The monoisotopic (exact) mass is 279 g/mol. The average molecular weight is 279 g/mol. The summed E-state index contributed by atoms with van der Waals surface area (Å²) in [5.41, 5.74) is 9.10. The first kappa shape index (κ1) is 13.6. The van der Waals surface area contributed by atoms with Crippen LogP contribution in [0.2, 0.25) is 0 Å². The number of carbonyl (C=O) groups excluding carboxylic acids is 1. The van der Waals surface area contributed by atoms with Crippen molar-refractivity contribution in [3.05, 3.63) is 71.0 Å². The largest absolute Gasteiger partial charge is 0.452 e. The lowest BCUT2D eigenvalue weighted by molar-refractivity contribution is 0.101. The Morgan fingerprint density at radius 3 is 2.57 bits per heavy atom. The predicted octanol–water partition coefficient (Wildman–Crippen LogP) is 3.47. The number of rotatable bonds is 4. The Morgan fingerprint density at radius 2 is 1.90 bits per heavy atom. The fourth-order valence-electron chi connectivity index (χ4n) is 2.45. The van der Waals surface area contributed by atoms with Gasteiger partial charge in [-0.1, -0.05) is 42.5 Å². The highest BCUT2D eigenvalue weighted by atomic mass is 16.3. The first-order valence-electron chi connectivity index (χ1n) is 7.02. The molecule has 0 aliphatic heterocycles. The summed E-state index contributed by atoms with van der Waals surface area (Å²) in [6, 6.07) is 15.2. The van der Waals surface area contributed by atoms with Crippen LogP contribution in [-0.4, -0.2) is 12.3 Å². The summed E-state index contributed by atoms with van der Waals surface area (Å²) in [6.45, 7) is 2.58. The summed E-state index contributed by atoms with van der Waals surface area (Å²) in [4.78, 5) is 12.5. The molecular weight excluding hydrogens is 262 g/mol. The quantitative estimate of drug-likeness (QED) is 0.744. The molecule has 0 saturated carbocycles. The van der Waals surface area contributed by atoms with Crippen molar-refractivity contribution in [2.75, 3.05) is 6.54 Å². The van der Waals surface area contributed by atoms with E-state index in [-0.39, 0.29) is 5.78 Å². The molecule has 3 heteroatoms. The van der Waals surface area contributed by atoms with Gasteiger partial charge in [-0.25, -0.2) is 0 Å². The van der Waals surface area contributed by atoms with Crippen LogP contribution >= 0.6 is 0 Å². The van der Waals surface area contributed by atoms with Crippen LogP contribution < -0.4 is 5.73 Å². The number of furan rings is 1. The van der Waals surface area contributed by atoms with Crippen LogP contribution in [0.4, 0.5) is 0 Å². The SMILES string of the molecule is Cc1cccc2cc(C(=O)c3ccc(CCN)cc3)oc12. The molecule has 0 atom stereocenters. The van der Waals surface area contributed by atoms with E-state index in [1.54, 1.807) is 6.07 Å². The molecule has 0 radical (unpaired) electrons. The lowest BCUT2D eigenvalue weighted by Crippen LogP contribution is -2.04. The Bertz CT molecular complexity index is 785. The zero-order valence-electron chi connectivity index (χ0n) is 11.9. The highest BCUT2D eigenvalue weighted by molar-refractivity contribution is 6.09. The number of hydrogen-bond acceptors (Lipinski definition) is 3. The van der Waals surface area contributed by atoms with Gasteiger partial charge in [-0.05, 0) is 37.1 Å². The van der Waals surface area contributed by atoms with Gasteiger partial charge in [-0.15, -0.1) is 0 Å². The minimum absolute atomic E-state index is 0.0927.